The van der Waals surface area contributed by atoms with Gasteiger partial charge in [-0.2, -0.15) is 0 Å². The summed E-state index contributed by atoms with van der Waals surface area (Å²) in [6.07, 6.45) is 13.7. The lowest BCUT2D eigenvalue weighted by Crippen LogP contribution is -2.42. The zero-order chi connectivity index (χ0) is 80.6. The van der Waals surface area contributed by atoms with Gasteiger partial charge in [0.05, 0.1) is 12.8 Å². The second kappa shape index (κ2) is 58.3. The number of carbonyl (C=O) groups is 20. The van der Waals surface area contributed by atoms with Crippen molar-refractivity contribution in [2.75, 3.05) is 52.6 Å². The molecule has 4 N–H and O–H groups in total. The molecule has 0 aliphatic carbocycles. The summed E-state index contributed by atoms with van der Waals surface area (Å²) in [5.41, 5.74) is -0.817. The fourth-order valence-electron chi connectivity index (χ4n) is 11.0. The van der Waals surface area contributed by atoms with Gasteiger partial charge in [-0.3, -0.25) is 57.5 Å². The molecule has 0 radical (unpaired) electrons. The van der Waals surface area contributed by atoms with E-state index in [4.69, 9.17) is 38.5 Å². The van der Waals surface area contributed by atoms with Crippen molar-refractivity contribution in [2.45, 2.75) is 193 Å². The van der Waals surface area contributed by atoms with Crippen LogP contribution in [-0.4, -0.2) is 261 Å². The minimum Gasteiger partial charge on any atom is -0.396 e. The molecular weight excluding hydrogens is 1380 g/mol. The zero-order valence-electron chi connectivity index (χ0n) is 60.0. The Balaban J connectivity index is -0.000000840. The van der Waals surface area contributed by atoms with Crippen LogP contribution in [0.15, 0.2) is 50.6 Å². The summed E-state index contributed by atoms with van der Waals surface area (Å²) in [6.45, 7) is 25.8. The van der Waals surface area contributed by atoms with Gasteiger partial charge in [0.25, 0.3) is 47.3 Å². The number of nitrogens with zero attached hydrogens (tertiary/aromatic N) is 8. The first-order valence-corrected chi connectivity index (χ1v) is 32.9. The van der Waals surface area contributed by atoms with Crippen molar-refractivity contribution in [3.63, 3.8) is 0 Å². The Bertz CT molecular complexity index is 2530. The van der Waals surface area contributed by atoms with Crippen LogP contribution < -0.4 is 0 Å². The lowest BCUT2D eigenvalue weighted by atomic mass is 9.71. The van der Waals surface area contributed by atoms with Crippen molar-refractivity contribution in [2.24, 2.45) is 10.8 Å². The van der Waals surface area contributed by atoms with Crippen molar-refractivity contribution < 1.29 is 136 Å². The zero-order valence-corrected chi connectivity index (χ0v) is 60.0. The molecule has 0 bridgehead atoms. The minimum atomic E-state index is -0.941. The molecule has 0 aromatic rings. The lowest BCUT2D eigenvalue weighted by molar-refractivity contribution is -0.198. The summed E-state index contributed by atoms with van der Waals surface area (Å²) in [5.74, 6) is -9.21. The summed E-state index contributed by atoms with van der Waals surface area (Å²) in [6, 6.07) is -1.56. The van der Waals surface area contributed by atoms with E-state index < -0.39 is 102 Å². The van der Waals surface area contributed by atoms with Crippen LogP contribution in [0.1, 0.15) is 169 Å². The van der Waals surface area contributed by atoms with Gasteiger partial charge < -0.3 is 78.6 Å². The third-order valence-electron chi connectivity index (χ3n) is 16.7. The monoisotopic (exact) mass is 1480 g/mol. The van der Waals surface area contributed by atoms with E-state index >= 15 is 0 Å². The highest BCUT2D eigenvalue weighted by molar-refractivity contribution is 6.13. The number of hydrogen-bond donors (Lipinski definition) is 4. The van der Waals surface area contributed by atoms with Gasteiger partial charge in [0.1, 0.15) is 40.2 Å². The van der Waals surface area contributed by atoms with Crippen LogP contribution in [0.2, 0.25) is 0 Å². The molecule has 104 heavy (non-hydrogen) atoms. The average molecular weight is 1480 g/mol. The van der Waals surface area contributed by atoms with Gasteiger partial charge in [-0.15, -0.1) is 36.4 Å². The maximum Gasteiger partial charge on any atom is 0.352 e. The smallest absolute Gasteiger partial charge is 0.352 e. The van der Waals surface area contributed by atoms with E-state index in [1.807, 2.05) is 41.0 Å². The fraction of sp³-hybridized carbons (Fsp3) is 0.588. The van der Waals surface area contributed by atoms with E-state index in [0.29, 0.717) is 149 Å². The Morgan fingerprint density at radius 3 is 0.808 bits per heavy atom. The Labute approximate surface area is 604 Å². The first-order chi connectivity index (χ1) is 49.8. The molecule has 4 atom stereocenters. The van der Waals surface area contributed by atoms with Gasteiger partial charge in [-0.25, -0.2) is 19.2 Å². The second-order valence-electron chi connectivity index (χ2n) is 23.2. The number of rotatable bonds is 46. The average Bonchev–Trinajstić information content (AvgIpc) is 1.31. The highest BCUT2D eigenvalue weighted by Gasteiger charge is 2.38. The summed E-state index contributed by atoms with van der Waals surface area (Å²) < 4.78 is 0. The number of imide groups is 4. The number of hydrogen-bond acceptors (Lipinski definition) is 28. The van der Waals surface area contributed by atoms with E-state index in [9.17, 15) is 97.1 Å². The molecular formula is C68H104N8O28. The first kappa shape index (κ1) is 100. The number of aliphatic hydroxyl groups excluding tert-OH is 4. The van der Waals surface area contributed by atoms with E-state index in [-0.39, 0.29) is 95.5 Å². The normalized spacial score (nSPS) is 14.5. The number of amides is 12. The molecule has 4 unspecified atom stereocenters. The van der Waals surface area contributed by atoms with Gasteiger partial charge in [0.15, 0.2) is 0 Å². The molecule has 36 nitrogen and oxygen atoms in total. The van der Waals surface area contributed by atoms with Crippen LogP contribution >= 0.6 is 0 Å². The Kier molecular flexibility index (Phi) is 56.2. The summed E-state index contributed by atoms with van der Waals surface area (Å²) in [5, 5.41) is 40.0. The molecule has 0 aromatic carbocycles. The van der Waals surface area contributed by atoms with Crippen molar-refractivity contribution in [1.29, 1.82) is 0 Å². The van der Waals surface area contributed by atoms with Crippen LogP contribution in [0, 0.1) is 10.8 Å². The number of carbonyl (C=O) groups excluding carboxylic acids is 20. The highest BCUT2D eigenvalue weighted by Crippen LogP contribution is 2.43. The summed E-state index contributed by atoms with van der Waals surface area (Å²) >= 11 is 0. The molecule has 0 spiro atoms. The first-order valence-electron chi connectivity index (χ1n) is 32.9. The van der Waals surface area contributed by atoms with Crippen molar-refractivity contribution in [3.05, 3.63) is 50.6 Å². The van der Waals surface area contributed by atoms with Crippen LogP contribution in [0.4, 0.5) is 0 Å². The lowest BCUT2D eigenvalue weighted by Gasteiger charge is -2.38. The molecule has 36 heteroatoms. The van der Waals surface area contributed by atoms with E-state index in [1.54, 1.807) is 13.8 Å². The fourth-order valence-corrected chi connectivity index (χ4v) is 11.0. The van der Waals surface area contributed by atoms with E-state index in [0.717, 1.165) is 24.3 Å². The molecule has 0 aromatic heterocycles. The predicted molar refractivity (Wildman–Crippen MR) is 365 cm³/mol. The standard InChI is InChI=1S/C31H44N4O12.C29H44N4O12.2C2H4.4CH2O/c1-23(32(21-38)17-11-29(44)46-34-25(40)5-6-26(34)41)9-15-31(13-3-19-36,14-4-20-37)16-10-24(2)33(22-39)18-12-30(45)47-35-27(42)7-8-28(35)43;1-21(30(19-36)17-27(42)44-32-23(38)5-6-24(32)39)9-13-29(11-3-15-34,12-4-16-35)14-10-22(2)31(20-37)18-28(43)45-33-25(40)7-8-26(33)41;6*1-2/h5-8,21-24,36-37H,3-4,9-20H2,1-2H3;19-22,34-35H,3-18H2,1-2H3;2*1-2H2;4*1H2. The molecule has 2 saturated heterocycles. The third kappa shape index (κ3) is 36.6. The van der Waals surface area contributed by atoms with E-state index in [2.05, 4.69) is 26.3 Å². The Morgan fingerprint density at radius 2 is 0.596 bits per heavy atom. The molecule has 4 heterocycles. The summed E-state index contributed by atoms with van der Waals surface area (Å²) in [4.78, 5) is 247. The molecule has 4 rings (SSSR count). The quantitative estimate of drug-likeness (QED) is 0.0377. The SMILES string of the molecule is C=C.C=C.C=O.C=O.C=O.C=O.CC(CCC(CCCO)(CCCO)CCC(C)N(C=O)CC(=O)ON1C(=O)CCC1=O)N(C=O)CC(=O)ON1C(=O)CCC1=O.CC(CCC(CCCO)(CCCO)CCC(C)N(C=O)CCC(=O)ON1C(=O)C=CC1=O)N(C=O)CCC(=O)ON1C(=O)C=CC1=O. The van der Waals surface area contributed by atoms with Gasteiger partial charge in [0.2, 0.25) is 25.6 Å². The maximum absolute atomic E-state index is 12.4. The molecule has 0 saturated carbocycles. The molecule has 12 amide bonds. The molecule has 4 aliphatic rings. The van der Waals surface area contributed by atoms with E-state index in [1.165, 1.54) is 19.6 Å². The van der Waals surface area contributed by atoms with Gasteiger partial charge in [-0.1, -0.05) is 10.1 Å². The largest absolute Gasteiger partial charge is 0.396 e. The number of aliphatic hydroxyl groups is 4. The molecule has 4 aliphatic heterocycles. The minimum absolute atomic E-state index is 0.0161. The maximum atomic E-state index is 12.4. The van der Waals surface area contributed by atoms with Crippen LogP contribution in [0.25, 0.3) is 0 Å². The van der Waals surface area contributed by atoms with Gasteiger partial charge >= 0.3 is 23.9 Å². The van der Waals surface area contributed by atoms with Gasteiger partial charge in [0, 0.05) is 114 Å². The number of hydroxylamine groups is 8. The molecule has 2 fully saturated rings. The van der Waals surface area contributed by atoms with Crippen molar-refractivity contribution in [3.8, 4) is 0 Å². The Hall–Kier alpha value is -10.2. The van der Waals surface area contributed by atoms with Crippen molar-refractivity contribution in [1.82, 2.24) is 39.9 Å². The topological polar surface area (TPSA) is 485 Å². The second-order valence-corrected chi connectivity index (χ2v) is 23.2. The predicted octanol–water partition coefficient (Wildman–Crippen LogP) is 1.17. The van der Waals surface area contributed by atoms with Crippen molar-refractivity contribution >= 4 is 124 Å². The molecule has 584 valence electrons. The highest BCUT2D eigenvalue weighted by atomic mass is 16.7. The third-order valence-corrected chi connectivity index (χ3v) is 16.7. The van der Waals surface area contributed by atoms with Crippen LogP contribution in [0.5, 0.6) is 0 Å². The van der Waals surface area contributed by atoms with Crippen LogP contribution in [-0.2, 0) is 115 Å². The van der Waals surface area contributed by atoms with Crippen LogP contribution in [0.3, 0.4) is 0 Å². The Morgan fingerprint density at radius 1 is 0.385 bits per heavy atom. The van der Waals surface area contributed by atoms with Gasteiger partial charge in [-0.05, 0) is 141 Å². The summed E-state index contributed by atoms with van der Waals surface area (Å²) in [7, 11) is 0.